The highest BCUT2D eigenvalue weighted by Crippen LogP contribution is 2.31. The molecule has 5 rings (SSSR count). The van der Waals surface area contributed by atoms with E-state index in [4.69, 9.17) is 10.1 Å². The highest BCUT2D eigenvalue weighted by Gasteiger charge is 2.20. The summed E-state index contributed by atoms with van der Waals surface area (Å²) in [4.78, 5) is 5.81. The molecule has 0 radical (unpaired) electrons. The van der Waals surface area contributed by atoms with Crippen LogP contribution in [0.1, 0.15) is 30.0 Å². The molecule has 1 atom stereocenters. The fourth-order valence-electron chi connectivity index (χ4n) is 3.69. The summed E-state index contributed by atoms with van der Waals surface area (Å²) in [5.41, 5.74) is 4.53. The van der Waals surface area contributed by atoms with Gasteiger partial charge in [0.05, 0.1) is 17.4 Å². The zero-order valence-electron chi connectivity index (χ0n) is 14.4. The second-order valence-corrected chi connectivity index (χ2v) is 7.83. The van der Waals surface area contributed by atoms with Crippen molar-refractivity contribution in [2.24, 2.45) is 7.05 Å². The molecule has 25 heavy (non-hydrogen) atoms. The van der Waals surface area contributed by atoms with Crippen molar-refractivity contribution in [3.63, 3.8) is 0 Å². The highest BCUT2D eigenvalue weighted by atomic mass is 32.1. The summed E-state index contributed by atoms with van der Waals surface area (Å²) in [6.07, 6.45) is 6.58. The summed E-state index contributed by atoms with van der Waals surface area (Å²) in [5, 5.41) is 14.9. The number of nitrogens with one attached hydrogen (secondary N) is 1. The molecule has 4 aromatic rings. The van der Waals surface area contributed by atoms with Crippen LogP contribution in [0.3, 0.4) is 0 Å². The van der Waals surface area contributed by atoms with E-state index in [0.29, 0.717) is 5.92 Å². The van der Waals surface area contributed by atoms with E-state index in [2.05, 4.69) is 41.9 Å². The molecule has 6 nitrogen and oxygen atoms in total. The Morgan fingerprint density at radius 1 is 1.24 bits per heavy atom. The van der Waals surface area contributed by atoms with Gasteiger partial charge in [0.1, 0.15) is 5.01 Å². The fourth-order valence-corrected chi connectivity index (χ4v) is 4.56. The van der Waals surface area contributed by atoms with Crippen molar-refractivity contribution < 1.29 is 0 Å². The normalized spacial score (nSPS) is 18.4. The van der Waals surface area contributed by atoms with E-state index in [1.165, 1.54) is 18.4 Å². The van der Waals surface area contributed by atoms with Gasteiger partial charge in [0.15, 0.2) is 0 Å². The third-order valence-corrected chi connectivity index (χ3v) is 5.91. The number of hydrogen-bond acceptors (Lipinski definition) is 5. The number of benzene rings is 1. The molecule has 1 N–H and O–H groups in total. The van der Waals surface area contributed by atoms with Crippen LogP contribution in [0, 0.1) is 6.92 Å². The molecule has 0 saturated carbocycles. The first-order chi connectivity index (χ1) is 12.2. The average Bonchev–Trinajstić information content (AvgIpc) is 3.27. The van der Waals surface area contributed by atoms with Gasteiger partial charge >= 0.3 is 0 Å². The Hall–Kier alpha value is -2.25. The van der Waals surface area contributed by atoms with Crippen LogP contribution in [0.2, 0.25) is 0 Å². The van der Waals surface area contributed by atoms with Crippen molar-refractivity contribution >= 4 is 27.2 Å². The van der Waals surface area contributed by atoms with E-state index < -0.39 is 0 Å². The van der Waals surface area contributed by atoms with Crippen LogP contribution in [0.4, 0.5) is 0 Å². The smallest absolute Gasteiger partial charge is 0.212 e. The molecule has 1 saturated heterocycles. The lowest BCUT2D eigenvalue weighted by molar-refractivity contribution is 0.456. The SMILES string of the molecule is Cc1cc(-c2nn3cc([C@@H]4CCCNC4)nc3s2)cc2cn(C)nc12. The molecule has 4 heterocycles. The number of piperidine rings is 1. The lowest BCUT2D eigenvalue weighted by Crippen LogP contribution is -2.28. The van der Waals surface area contributed by atoms with Crippen LogP contribution in [0.15, 0.2) is 24.5 Å². The summed E-state index contributed by atoms with van der Waals surface area (Å²) < 4.78 is 3.80. The molecule has 3 aromatic heterocycles. The molecular formula is C18H20N6S. The van der Waals surface area contributed by atoms with Gasteiger partial charge in [0.25, 0.3) is 0 Å². The molecule has 0 aliphatic carbocycles. The van der Waals surface area contributed by atoms with Gasteiger partial charge in [-0.25, -0.2) is 9.50 Å². The predicted octanol–water partition coefficient (Wildman–Crippen LogP) is 3.12. The highest BCUT2D eigenvalue weighted by molar-refractivity contribution is 7.19. The number of aryl methyl sites for hydroxylation is 2. The summed E-state index contributed by atoms with van der Waals surface area (Å²) in [6.45, 7) is 4.25. The second-order valence-electron chi connectivity index (χ2n) is 6.88. The van der Waals surface area contributed by atoms with E-state index in [1.54, 1.807) is 11.3 Å². The lowest BCUT2D eigenvalue weighted by Gasteiger charge is -2.20. The Balaban J connectivity index is 1.53. The Kier molecular flexibility index (Phi) is 3.39. The van der Waals surface area contributed by atoms with E-state index in [9.17, 15) is 0 Å². The van der Waals surface area contributed by atoms with Crippen LogP contribution in [-0.2, 0) is 7.05 Å². The molecule has 1 fully saturated rings. The number of hydrogen-bond donors (Lipinski definition) is 1. The average molecular weight is 352 g/mol. The first-order valence-electron chi connectivity index (χ1n) is 8.68. The maximum absolute atomic E-state index is 4.83. The van der Waals surface area contributed by atoms with Crippen LogP contribution < -0.4 is 5.32 Å². The van der Waals surface area contributed by atoms with Crippen molar-refractivity contribution in [1.29, 1.82) is 0 Å². The lowest BCUT2D eigenvalue weighted by atomic mass is 9.97. The van der Waals surface area contributed by atoms with Gasteiger partial charge in [-0.15, -0.1) is 0 Å². The summed E-state index contributed by atoms with van der Waals surface area (Å²) >= 11 is 1.65. The Labute approximate surface area is 149 Å². The molecular weight excluding hydrogens is 332 g/mol. The third-order valence-electron chi connectivity index (χ3n) is 4.94. The monoisotopic (exact) mass is 352 g/mol. The third kappa shape index (κ3) is 2.54. The standard InChI is InChI=1S/C18H20N6S/c1-11-6-13(7-14-9-23(2)21-16(11)14)17-22-24-10-15(20-18(24)25-17)12-4-3-5-19-8-12/h6-7,9-10,12,19H,3-5,8H2,1-2H3/t12-/m1/s1. The summed E-state index contributed by atoms with van der Waals surface area (Å²) in [6, 6.07) is 4.33. The molecule has 0 unspecified atom stereocenters. The van der Waals surface area contributed by atoms with Gasteiger partial charge in [0.2, 0.25) is 4.96 Å². The van der Waals surface area contributed by atoms with E-state index in [-0.39, 0.29) is 0 Å². The van der Waals surface area contributed by atoms with Crippen LogP contribution >= 0.6 is 11.3 Å². The van der Waals surface area contributed by atoms with Crippen molar-refractivity contribution in [3.05, 3.63) is 35.8 Å². The van der Waals surface area contributed by atoms with Gasteiger partial charge in [0, 0.05) is 36.7 Å². The molecule has 0 spiro atoms. The topological polar surface area (TPSA) is 60.0 Å². The zero-order chi connectivity index (χ0) is 17.0. The van der Waals surface area contributed by atoms with Gasteiger partial charge in [-0.3, -0.25) is 4.68 Å². The number of aromatic nitrogens is 5. The van der Waals surface area contributed by atoms with Crippen molar-refractivity contribution in [2.75, 3.05) is 13.1 Å². The molecule has 128 valence electrons. The number of imidazole rings is 1. The Bertz CT molecular complexity index is 1030. The minimum absolute atomic E-state index is 0.514. The van der Waals surface area contributed by atoms with Gasteiger partial charge in [-0.2, -0.15) is 10.2 Å². The van der Waals surface area contributed by atoms with Crippen molar-refractivity contribution in [3.8, 4) is 10.6 Å². The quantitative estimate of drug-likeness (QED) is 0.602. The zero-order valence-corrected chi connectivity index (χ0v) is 15.2. The fraction of sp³-hybridized carbons (Fsp3) is 0.389. The maximum atomic E-state index is 4.83. The van der Waals surface area contributed by atoms with Crippen LogP contribution in [-0.4, -0.2) is 37.5 Å². The number of nitrogens with zero attached hydrogens (tertiary/aromatic N) is 5. The van der Waals surface area contributed by atoms with Gasteiger partial charge < -0.3 is 5.32 Å². The molecule has 0 bridgehead atoms. The number of fused-ring (bicyclic) bond motifs is 2. The minimum Gasteiger partial charge on any atom is -0.316 e. The first kappa shape index (κ1) is 15.0. The Morgan fingerprint density at radius 2 is 2.16 bits per heavy atom. The van der Waals surface area contributed by atoms with Crippen molar-refractivity contribution in [1.82, 2.24) is 29.7 Å². The van der Waals surface area contributed by atoms with Crippen LogP contribution in [0.25, 0.3) is 26.4 Å². The van der Waals surface area contributed by atoms with Gasteiger partial charge in [-0.1, -0.05) is 11.3 Å². The van der Waals surface area contributed by atoms with E-state index >= 15 is 0 Å². The largest absolute Gasteiger partial charge is 0.316 e. The second kappa shape index (κ2) is 5.64. The molecule has 1 aliphatic heterocycles. The van der Waals surface area contributed by atoms with Crippen LogP contribution in [0.5, 0.6) is 0 Å². The molecule has 0 amide bonds. The van der Waals surface area contributed by atoms with E-state index in [1.807, 2.05) is 16.2 Å². The number of rotatable bonds is 2. The van der Waals surface area contributed by atoms with Crippen molar-refractivity contribution in [2.45, 2.75) is 25.7 Å². The predicted molar refractivity (Wildman–Crippen MR) is 100 cm³/mol. The summed E-state index contributed by atoms with van der Waals surface area (Å²) in [7, 11) is 1.96. The van der Waals surface area contributed by atoms with Gasteiger partial charge in [-0.05, 0) is 44.0 Å². The first-order valence-corrected chi connectivity index (χ1v) is 9.50. The molecule has 1 aromatic carbocycles. The Morgan fingerprint density at radius 3 is 2.96 bits per heavy atom. The van der Waals surface area contributed by atoms with E-state index in [0.717, 1.165) is 45.2 Å². The molecule has 1 aliphatic rings. The minimum atomic E-state index is 0.514. The maximum Gasteiger partial charge on any atom is 0.212 e. The summed E-state index contributed by atoms with van der Waals surface area (Å²) in [5.74, 6) is 0.514. The molecule has 7 heteroatoms.